The zero-order valence-corrected chi connectivity index (χ0v) is 18.7. The van der Waals surface area contributed by atoms with E-state index in [1.807, 2.05) is 43.8 Å². The molecule has 0 saturated carbocycles. The van der Waals surface area contributed by atoms with Gasteiger partial charge in [0.1, 0.15) is 11.3 Å². The van der Waals surface area contributed by atoms with Gasteiger partial charge in [-0.1, -0.05) is 17.2 Å². The van der Waals surface area contributed by atoms with Gasteiger partial charge < -0.3 is 18.8 Å². The summed E-state index contributed by atoms with van der Waals surface area (Å²) >= 11 is 0. The van der Waals surface area contributed by atoms with Crippen molar-refractivity contribution in [2.75, 3.05) is 25.5 Å². The molecule has 9 nitrogen and oxygen atoms in total. The standard InChI is InChI=1S/C22H28N6O3/c1-6-16-19(14(3)30-26-16)21(29)28-10-8-7-9-17(28)20-15(18-11-13(2)25-31-18)12-23-22(24-20)27(4)5/h11-12,17H,6-10H2,1-5H3/t17-/m1/s1. The number of carbonyl (C=O) groups is 1. The monoisotopic (exact) mass is 424 g/mol. The fourth-order valence-corrected chi connectivity index (χ4v) is 4.07. The molecule has 0 aromatic carbocycles. The Morgan fingerprint density at radius 2 is 2.03 bits per heavy atom. The summed E-state index contributed by atoms with van der Waals surface area (Å²) in [6.45, 7) is 6.28. The van der Waals surface area contributed by atoms with Crippen LogP contribution >= 0.6 is 0 Å². The quantitative estimate of drug-likeness (QED) is 0.611. The minimum atomic E-state index is -0.206. The minimum Gasteiger partial charge on any atom is -0.361 e. The van der Waals surface area contributed by atoms with Gasteiger partial charge in [-0.05, 0) is 39.5 Å². The predicted molar refractivity (Wildman–Crippen MR) is 115 cm³/mol. The normalized spacial score (nSPS) is 16.5. The molecular weight excluding hydrogens is 396 g/mol. The maximum atomic E-state index is 13.7. The lowest BCUT2D eigenvalue weighted by Gasteiger charge is -2.36. The fourth-order valence-electron chi connectivity index (χ4n) is 4.07. The molecule has 1 saturated heterocycles. The van der Waals surface area contributed by atoms with Crippen LogP contribution in [0.4, 0.5) is 5.95 Å². The number of likely N-dealkylation sites (tertiary alicyclic amines) is 1. The van der Waals surface area contributed by atoms with Gasteiger partial charge in [-0.25, -0.2) is 9.97 Å². The third-order valence-corrected chi connectivity index (χ3v) is 5.66. The van der Waals surface area contributed by atoms with Crippen molar-refractivity contribution in [1.82, 2.24) is 25.2 Å². The first-order valence-electron chi connectivity index (χ1n) is 10.6. The Kier molecular flexibility index (Phi) is 5.75. The molecule has 9 heteroatoms. The molecular formula is C22H28N6O3. The van der Waals surface area contributed by atoms with Crippen molar-refractivity contribution in [2.45, 2.75) is 52.5 Å². The Bertz CT molecular complexity index is 1090. The summed E-state index contributed by atoms with van der Waals surface area (Å²) in [5.74, 6) is 1.67. The van der Waals surface area contributed by atoms with E-state index in [-0.39, 0.29) is 11.9 Å². The first-order valence-corrected chi connectivity index (χ1v) is 10.6. The largest absolute Gasteiger partial charge is 0.361 e. The van der Waals surface area contributed by atoms with E-state index in [9.17, 15) is 4.79 Å². The van der Waals surface area contributed by atoms with E-state index < -0.39 is 0 Å². The Hall–Kier alpha value is -3.23. The molecule has 0 radical (unpaired) electrons. The Balaban J connectivity index is 1.81. The van der Waals surface area contributed by atoms with Crippen LogP contribution in [-0.4, -0.2) is 51.7 Å². The van der Waals surface area contributed by atoms with Crippen LogP contribution in [0.5, 0.6) is 0 Å². The van der Waals surface area contributed by atoms with Crippen molar-refractivity contribution in [1.29, 1.82) is 0 Å². The molecule has 1 fully saturated rings. The summed E-state index contributed by atoms with van der Waals surface area (Å²) in [5, 5.41) is 8.10. The zero-order chi connectivity index (χ0) is 22.1. The van der Waals surface area contributed by atoms with Gasteiger partial charge in [0.05, 0.1) is 28.7 Å². The van der Waals surface area contributed by atoms with Crippen molar-refractivity contribution < 1.29 is 13.8 Å². The Morgan fingerprint density at radius 3 is 2.71 bits per heavy atom. The third kappa shape index (κ3) is 3.92. The van der Waals surface area contributed by atoms with Crippen molar-refractivity contribution in [3.8, 4) is 11.3 Å². The van der Waals surface area contributed by atoms with Gasteiger partial charge in [-0.15, -0.1) is 0 Å². The van der Waals surface area contributed by atoms with Gasteiger partial charge in [-0.2, -0.15) is 0 Å². The zero-order valence-electron chi connectivity index (χ0n) is 18.7. The van der Waals surface area contributed by atoms with Crippen molar-refractivity contribution in [2.24, 2.45) is 0 Å². The fraction of sp³-hybridized carbons (Fsp3) is 0.500. The van der Waals surface area contributed by atoms with Gasteiger partial charge in [0, 0.05) is 32.9 Å². The van der Waals surface area contributed by atoms with E-state index in [2.05, 4.69) is 15.3 Å². The van der Waals surface area contributed by atoms with Crippen LogP contribution < -0.4 is 4.90 Å². The second kappa shape index (κ2) is 8.49. The topological polar surface area (TPSA) is 101 Å². The molecule has 3 aromatic rings. The first kappa shape index (κ1) is 21.0. The van der Waals surface area contributed by atoms with Gasteiger partial charge in [0.2, 0.25) is 5.95 Å². The molecule has 4 rings (SSSR count). The third-order valence-electron chi connectivity index (χ3n) is 5.66. The molecule has 0 spiro atoms. The summed E-state index contributed by atoms with van der Waals surface area (Å²) in [6.07, 6.45) is 5.15. The van der Waals surface area contributed by atoms with Crippen LogP contribution in [-0.2, 0) is 6.42 Å². The molecule has 0 N–H and O–H groups in total. The van der Waals surface area contributed by atoms with E-state index in [0.717, 1.165) is 36.2 Å². The molecule has 0 aliphatic carbocycles. The number of hydrogen-bond donors (Lipinski definition) is 0. The van der Waals surface area contributed by atoms with Crippen molar-refractivity contribution in [3.05, 3.63) is 40.7 Å². The van der Waals surface area contributed by atoms with E-state index in [1.165, 1.54) is 0 Å². The summed E-state index contributed by atoms with van der Waals surface area (Å²) in [5.41, 5.74) is 3.56. The molecule has 1 aliphatic rings. The van der Waals surface area contributed by atoms with E-state index >= 15 is 0 Å². The van der Waals surface area contributed by atoms with E-state index in [4.69, 9.17) is 14.0 Å². The van der Waals surface area contributed by atoms with Crippen LogP contribution in [0.25, 0.3) is 11.3 Å². The number of rotatable bonds is 5. The second-order valence-electron chi connectivity index (χ2n) is 8.12. The molecule has 1 atom stereocenters. The highest BCUT2D eigenvalue weighted by Crippen LogP contribution is 2.37. The highest BCUT2D eigenvalue weighted by molar-refractivity contribution is 5.96. The molecule has 0 unspecified atom stereocenters. The van der Waals surface area contributed by atoms with Gasteiger partial charge in [0.15, 0.2) is 5.76 Å². The van der Waals surface area contributed by atoms with Crippen LogP contribution in [0.2, 0.25) is 0 Å². The smallest absolute Gasteiger partial charge is 0.259 e. The molecule has 1 amide bonds. The summed E-state index contributed by atoms with van der Waals surface area (Å²) in [7, 11) is 3.80. The minimum absolute atomic E-state index is 0.0648. The summed E-state index contributed by atoms with van der Waals surface area (Å²) in [4.78, 5) is 26.7. The van der Waals surface area contributed by atoms with E-state index in [0.29, 0.717) is 41.7 Å². The lowest BCUT2D eigenvalue weighted by atomic mass is 9.94. The molecule has 164 valence electrons. The SMILES string of the molecule is CCc1noc(C)c1C(=O)N1CCCC[C@@H]1c1nc(N(C)C)ncc1-c1cc(C)no1. The predicted octanol–water partition coefficient (Wildman–Crippen LogP) is 3.73. The van der Waals surface area contributed by atoms with Crippen LogP contribution in [0, 0.1) is 13.8 Å². The molecule has 0 bridgehead atoms. The number of hydrogen-bond acceptors (Lipinski definition) is 8. The maximum absolute atomic E-state index is 13.7. The van der Waals surface area contributed by atoms with Crippen LogP contribution in [0.3, 0.4) is 0 Å². The first-order chi connectivity index (χ1) is 14.9. The molecule has 1 aliphatic heterocycles. The Morgan fingerprint density at radius 1 is 1.23 bits per heavy atom. The van der Waals surface area contributed by atoms with Crippen molar-refractivity contribution >= 4 is 11.9 Å². The number of aryl methyl sites for hydroxylation is 3. The lowest BCUT2D eigenvalue weighted by Crippen LogP contribution is -2.39. The molecule has 4 heterocycles. The maximum Gasteiger partial charge on any atom is 0.259 e. The number of piperidine rings is 1. The van der Waals surface area contributed by atoms with Gasteiger partial charge >= 0.3 is 0 Å². The number of carbonyl (C=O) groups excluding carboxylic acids is 1. The van der Waals surface area contributed by atoms with Gasteiger partial charge in [0.25, 0.3) is 5.91 Å². The highest BCUT2D eigenvalue weighted by atomic mass is 16.5. The summed E-state index contributed by atoms with van der Waals surface area (Å²) in [6, 6.07) is 1.66. The molecule has 3 aromatic heterocycles. The number of anilines is 1. The average Bonchev–Trinajstić information content (AvgIpc) is 3.37. The summed E-state index contributed by atoms with van der Waals surface area (Å²) < 4.78 is 10.9. The second-order valence-corrected chi connectivity index (χ2v) is 8.12. The average molecular weight is 425 g/mol. The Labute approximate surface area is 181 Å². The van der Waals surface area contributed by atoms with Crippen LogP contribution in [0.15, 0.2) is 21.3 Å². The molecule has 31 heavy (non-hydrogen) atoms. The highest BCUT2D eigenvalue weighted by Gasteiger charge is 2.35. The van der Waals surface area contributed by atoms with Crippen LogP contribution in [0.1, 0.15) is 65.4 Å². The van der Waals surface area contributed by atoms with Crippen molar-refractivity contribution in [3.63, 3.8) is 0 Å². The van der Waals surface area contributed by atoms with E-state index in [1.54, 1.807) is 13.1 Å². The number of amides is 1. The van der Waals surface area contributed by atoms with Gasteiger partial charge in [-0.3, -0.25) is 4.79 Å². The lowest BCUT2D eigenvalue weighted by molar-refractivity contribution is 0.0603. The number of nitrogens with zero attached hydrogens (tertiary/aromatic N) is 6. The number of aromatic nitrogens is 4.